The highest BCUT2D eigenvalue weighted by Crippen LogP contribution is 2.38. The van der Waals surface area contributed by atoms with Crippen molar-refractivity contribution in [2.75, 3.05) is 32.9 Å². The normalized spacial score (nSPS) is 20.9. The highest BCUT2D eigenvalue weighted by Gasteiger charge is 2.37. The molecule has 1 aromatic carbocycles. The summed E-state index contributed by atoms with van der Waals surface area (Å²) in [5, 5.41) is 15.0. The third-order valence-corrected chi connectivity index (χ3v) is 7.09. The Morgan fingerprint density at radius 1 is 1.40 bits per heavy atom. The van der Waals surface area contributed by atoms with Crippen molar-refractivity contribution in [1.29, 1.82) is 0 Å². The summed E-state index contributed by atoms with van der Waals surface area (Å²) in [7, 11) is 0. The number of rotatable bonds is 7. The number of thiazole rings is 1. The second-order valence-electron chi connectivity index (χ2n) is 7.62. The van der Waals surface area contributed by atoms with E-state index >= 15 is 0 Å². The van der Waals surface area contributed by atoms with Crippen LogP contribution in [-0.2, 0) is 19.1 Å². The Morgan fingerprint density at radius 2 is 2.20 bits per heavy atom. The van der Waals surface area contributed by atoms with E-state index in [2.05, 4.69) is 31.2 Å². The number of hydrogen-bond donors (Lipinski definition) is 2. The molecule has 0 amide bonds. The summed E-state index contributed by atoms with van der Waals surface area (Å²) in [4.78, 5) is 35.5. The average Bonchev–Trinajstić information content (AvgIpc) is 3.38. The van der Waals surface area contributed by atoms with Gasteiger partial charge in [-0.15, -0.1) is 11.3 Å². The first-order valence-corrected chi connectivity index (χ1v) is 12.3. The maximum Gasteiger partial charge on any atom is 0.338 e. The Bertz CT molecular complexity index is 1190. The van der Waals surface area contributed by atoms with Gasteiger partial charge in [-0.2, -0.15) is 0 Å². The molecule has 186 valence electrons. The molecule has 2 aromatic rings. The van der Waals surface area contributed by atoms with Crippen molar-refractivity contribution in [3.05, 3.63) is 61.7 Å². The van der Waals surface area contributed by atoms with Crippen LogP contribution < -0.4 is 5.32 Å². The minimum absolute atomic E-state index is 0.0110. The number of carboxylic acids is 1. The molecule has 1 aromatic heterocycles. The lowest BCUT2D eigenvalue weighted by atomic mass is 9.95. The number of carboxylic acid groups (broad SMARTS) is 1. The standard InChI is InChI=1S/C22H21BrF2N4O5S/c1-2-34-22(32)15-13(9-29-6-7-33-10-14(29)21(30)31)27-19(20-26-5-8-35-20)28-18(15)11-3-4-12(24)17(25)16(11)23/h3-5,8,14,18H,2,6-7,9-10H2,1H3,(H,27,28)(H,30,31)/t14-,18-/m0/s1. The lowest BCUT2D eigenvalue weighted by molar-refractivity contribution is -0.149. The van der Waals surface area contributed by atoms with Crippen LogP contribution >= 0.6 is 27.3 Å². The van der Waals surface area contributed by atoms with Gasteiger partial charge in [0.05, 0.1) is 29.9 Å². The number of nitrogens with zero attached hydrogens (tertiary/aromatic N) is 3. The maximum atomic E-state index is 14.5. The van der Waals surface area contributed by atoms with E-state index in [0.29, 0.717) is 29.7 Å². The van der Waals surface area contributed by atoms with Crippen molar-refractivity contribution < 1.29 is 33.0 Å². The number of aromatic nitrogens is 1. The molecule has 1 saturated heterocycles. The van der Waals surface area contributed by atoms with Gasteiger partial charge < -0.3 is 19.9 Å². The Kier molecular flexibility index (Phi) is 7.89. The van der Waals surface area contributed by atoms with Gasteiger partial charge in [-0.3, -0.25) is 14.7 Å². The molecule has 0 spiro atoms. The smallest absolute Gasteiger partial charge is 0.338 e. The highest BCUT2D eigenvalue weighted by atomic mass is 79.9. The van der Waals surface area contributed by atoms with Crippen LogP contribution in [-0.4, -0.2) is 71.7 Å². The van der Waals surface area contributed by atoms with Gasteiger partial charge in [-0.05, 0) is 34.5 Å². The molecular weight excluding hydrogens is 550 g/mol. The van der Waals surface area contributed by atoms with E-state index in [1.54, 1.807) is 23.4 Å². The van der Waals surface area contributed by atoms with E-state index in [9.17, 15) is 23.5 Å². The molecule has 13 heteroatoms. The fraction of sp³-hybridized carbons (Fsp3) is 0.364. The highest BCUT2D eigenvalue weighted by molar-refractivity contribution is 9.10. The SMILES string of the molecule is CCOC(=O)C1=C(CN2CCOC[C@H]2C(=O)O)NC(c2nccs2)=N[C@H]1c1ccc(F)c(F)c1Br. The number of amidine groups is 1. The van der Waals surface area contributed by atoms with Gasteiger partial charge in [-0.25, -0.2) is 18.6 Å². The number of benzene rings is 1. The molecule has 2 atom stereocenters. The molecule has 0 aliphatic carbocycles. The number of carbonyl (C=O) groups is 2. The number of aliphatic carboxylic acids is 1. The molecule has 3 heterocycles. The topological polar surface area (TPSA) is 113 Å². The molecule has 0 saturated carbocycles. The summed E-state index contributed by atoms with van der Waals surface area (Å²) < 4.78 is 38.8. The number of carbonyl (C=O) groups excluding carboxylic acids is 1. The maximum absolute atomic E-state index is 14.5. The molecule has 2 N–H and O–H groups in total. The third-order valence-electron chi connectivity index (χ3n) is 5.50. The van der Waals surface area contributed by atoms with E-state index in [1.807, 2.05) is 0 Å². The molecule has 1 fully saturated rings. The summed E-state index contributed by atoms with van der Waals surface area (Å²) in [5.41, 5.74) is 0.602. The van der Waals surface area contributed by atoms with Gasteiger partial charge in [0, 0.05) is 30.4 Å². The van der Waals surface area contributed by atoms with Crippen LogP contribution in [0.1, 0.15) is 23.5 Å². The molecule has 0 radical (unpaired) electrons. The van der Waals surface area contributed by atoms with Crippen molar-refractivity contribution >= 4 is 45.0 Å². The molecular formula is C22H21BrF2N4O5S. The lowest BCUT2D eigenvalue weighted by Gasteiger charge is -2.35. The largest absolute Gasteiger partial charge is 0.480 e. The van der Waals surface area contributed by atoms with Crippen LogP contribution in [0.4, 0.5) is 8.78 Å². The predicted octanol–water partition coefficient (Wildman–Crippen LogP) is 2.88. The summed E-state index contributed by atoms with van der Waals surface area (Å²) >= 11 is 4.39. The van der Waals surface area contributed by atoms with Gasteiger partial charge in [0.1, 0.15) is 12.1 Å². The van der Waals surface area contributed by atoms with Crippen molar-refractivity contribution in [3.8, 4) is 0 Å². The summed E-state index contributed by atoms with van der Waals surface area (Å²) in [6.45, 7) is 2.35. The number of nitrogens with one attached hydrogen (secondary N) is 1. The fourth-order valence-electron chi connectivity index (χ4n) is 3.85. The second-order valence-corrected chi connectivity index (χ2v) is 9.31. The van der Waals surface area contributed by atoms with Crippen molar-refractivity contribution in [1.82, 2.24) is 15.2 Å². The predicted molar refractivity (Wildman–Crippen MR) is 126 cm³/mol. The van der Waals surface area contributed by atoms with E-state index in [1.165, 1.54) is 17.4 Å². The fourth-order valence-corrected chi connectivity index (χ4v) is 4.98. The van der Waals surface area contributed by atoms with Crippen molar-refractivity contribution in [2.45, 2.75) is 19.0 Å². The van der Waals surface area contributed by atoms with Crippen LogP contribution in [0.15, 0.2) is 44.4 Å². The Balaban J connectivity index is 1.86. The van der Waals surface area contributed by atoms with Crippen LogP contribution in [0, 0.1) is 11.6 Å². The number of ether oxygens (including phenoxy) is 2. The zero-order valence-electron chi connectivity index (χ0n) is 18.5. The summed E-state index contributed by atoms with van der Waals surface area (Å²) in [5.74, 6) is -3.63. The van der Waals surface area contributed by atoms with E-state index < -0.39 is 35.7 Å². The molecule has 2 aliphatic rings. The third kappa shape index (κ3) is 5.27. The van der Waals surface area contributed by atoms with Crippen LogP contribution in [0.2, 0.25) is 0 Å². The number of hydrogen-bond acceptors (Lipinski definition) is 9. The van der Waals surface area contributed by atoms with Crippen LogP contribution in [0.3, 0.4) is 0 Å². The Hall–Kier alpha value is -2.74. The first-order valence-electron chi connectivity index (χ1n) is 10.6. The monoisotopic (exact) mass is 570 g/mol. The quantitative estimate of drug-likeness (QED) is 0.386. The summed E-state index contributed by atoms with van der Waals surface area (Å²) in [6, 6.07) is 0.295. The van der Waals surface area contributed by atoms with Gasteiger partial charge in [-0.1, -0.05) is 6.07 Å². The Morgan fingerprint density at radius 3 is 2.89 bits per heavy atom. The number of aliphatic imine (C=N–C) groups is 1. The number of halogens is 3. The molecule has 35 heavy (non-hydrogen) atoms. The summed E-state index contributed by atoms with van der Waals surface area (Å²) in [6.07, 6.45) is 1.58. The zero-order valence-corrected chi connectivity index (χ0v) is 20.9. The lowest BCUT2D eigenvalue weighted by Crippen LogP contribution is -2.52. The molecule has 0 bridgehead atoms. The number of esters is 1. The minimum atomic E-state index is -1.11. The molecule has 4 rings (SSSR count). The second kappa shape index (κ2) is 10.9. The van der Waals surface area contributed by atoms with Crippen LogP contribution in [0.25, 0.3) is 0 Å². The van der Waals surface area contributed by atoms with Crippen LogP contribution in [0.5, 0.6) is 0 Å². The van der Waals surface area contributed by atoms with Crippen molar-refractivity contribution in [2.24, 2.45) is 4.99 Å². The first kappa shape index (κ1) is 25.4. The minimum Gasteiger partial charge on any atom is -0.480 e. The zero-order chi connectivity index (χ0) is 25.1. The van der Waals surface area contributed by atoms with E-state index in [4.69, 9.17) is 9.47 Å². The van der Waals surface area contributed by atoms with E-state index in [0.717, 1.165) is 6.07 Å². The van der Waals surface area contributed by atoms with Crippen molar-refractivity contribution in [3.63, 3.8) is 0 Å². The van der Waals surface area contributed by atoms with E-state index in [-0.39, 0.29) is 35.4 Å². The average molecular weight is 571 g/mol. The first-order chi connectivity index (χ1) is 16.8. The number of morpholine rings is 1. The van der Waals surface area contributed by atoms with Gasteiger partial charge in [0.2, 0.25) is 0 Å². The molecule has 9 nitrogen and oxygen atoms in total. The Labute approximate surface area is 211 Å². The van der Waals surface area contributed by atoms with Gasteiger partial charge >= 0.3 is 11.9 Å². The molecule has 0 unspecified atom stereocenters. The molecule has 2 aliphatic heterocycles. The van der Waals surface area contributed by atoms with Gasteiger partial charge in [0.15, 0.2) is 22.5 Å². The van der Waals surface area contributed by atoms with Gasteiger partial charge in [0.25, 0.3) is 0 Å².